The minimum Gasteiger partial charge on any atom is -0.394 e. The molecule has 0 amide bonds. The molecule has 0 radical (unpaired) electrons. The number of carbonyl (C=O) groups is 1. The zero-order valence-electron chi connectivity index (χ0n) is 24.4. The Kier molecular flexibility index (Phi) is 22.3. The highest BCUT2D eigenvalue weighted by Crippen LogP contribution is 2.45. The van der Waals surface area contributed by atoms with Gasteiger partial charge in [0.25, 0.3) is 0 Å². The van der Waals surface area contributed by atoms with Gasteiger partial charge < -0.3 is 19.6 Å². The van der Waals surface area contributed by atoms with E-state index in [1.807, 2.05) is 21.1 Å². The third kappa shape index (κ3) is 24.4. The lowest BCUT2D eigenvalue weighted by molar-refractivity contribution is -0.872. The van der Waals surface area contributed by atoms with Crippen LogP contribution < -0.4 is 0 Å². The summed E-state index contributed by atoms with van der Waals surface area (Å²) < 4.78 is 22.5. The van der Waals surface area contributed by atoms with E-state index in [-0.39, 0.29) is 12.3 Å². The van der Waals surface area contributed by atoms with Crippen LogP contribution in [0.15, 0.2) is 0 Å². The number of phosphoric ester groups is 1. The number of rotatable bonds is 27. The van der Waals surface area contributed by atoms with Crippen molar-refractivity contribution in [2.24, 2.45) is 0 Å². The molecule has 0 aliphatic heterocycles. The first-order valence-electron chi connectivity index (χ1n) is 14.8. The van der Waals surface area contributed by atoms with Crippen LogP contribution in [0.25, 0.3) is 0 Å². The van der Waals surface area contributed by atoms with Crippen LogP contribution in [0.5, 0.6) is 0 Å². The van der Waals surface area contributed by atoms with E-state index in [0.717, 1.165) is 19.3 Å². The zero-order chi connectivity index (χ0) is 28.0. The molecule has 0 fully saturated rings. The summed E-state index contributed by atoms with van der Waals surface area (Å²) in [6.45, 7) is 1.35. The Balaban J connectivity index is 3.95. The van der Waals surface area contributed by atoms with E-state index in [9.17, 15) is 19.4 Å². The molecule has 0 saturated carbocycles. The molecule has 0 aliphatic carbocycles. The maximum absolute atomic E-state index is 12.7. The summed E-state index contributed by atoms with van der Waals surface area (Å²) >= 11 is 0. The van der Waals surface area contributed by atoms with E-state index < -0.39 is 33.2 Å². The smallest absolute Gasteiger partial charge is 0.394 e. The normalized spacial score (nSPS) is 15.4. The lowest BCUT2D eigenvalue weighted by atomic mass is 10.0. The Morgan fingerprint density at radius 2 is 1.19 bits per heavy atom. The topological polar surface area (TPSA) is 113 Å². The van der Waals surface area contributed by atoms with Crippen LogP contribution in [0.1, 0.15) is 122 Å². The standard InChI is InChI=1S/C28H58NO7P/c1-5-6-7-8-9-10-11-12-13-14-15-16-17-18-19-20-21-22-27(32)28(23-29(2,3)4)36-37(33,34)35-25-26(31)24-30/h26,28,30-31H,5-25H2,1-4H3/p+1/t26-,28?/m1/s1. The fourth-order valence-electron chi connectivity index (χ4n) is 4.30. The van der Waals surface area contributed by atoms with Crippen molar-refractivity contribution in [3.8, 4) is 0 Å². The predicted molar refractivity (Wildman–Crippen MR) is 150 cm³/mol. The van der Waals surface area contributed by atoms with E-state index in [2.05, 4.69) is 6.92 Å². The van der Waals surface area contributed by atoms with Crippen LogP contribution in [0.3, 0.4) is 0 Å². The molecule has 0 spiro atoms. The third-order valence-corrected chi connectivity index (χ3v) is 7.50. The van der Waals surface area contributed by atoms with Crippen LogP contribution in [0.4, 0.5) is 0 Å². The van der Waals surface area contributed by atoms with E-state index >= 15 is 0 Å². The highest BCUT2D eigenvalue weighted by Gasteiger charge is 2.34. The summed E-state index contributed by atoms with van der Waals surface area (Å²) in [5.74, 6) is -0.213. The van der Waals surface area contributed by atoms with Gasteiger partial charge in [0.15, 0.2) is 11.9 Å². The van der Waals surface area contributed by atoms with Crippen molar-refractivity contribution in [1.29, 1.82) is 0 Å². The number of likely N-dealkylation sites (N-methyl/N-ethyl adjacent to an activating group) is 1. The van der Waals surface area contributed by atoms with Gasteiger partial charge in [0.05, 0.1) is 34.4 Å². The van der Waals surface area contributed by atoms with Crippen LogP contribution in [-0.2, 0) is 18.4 Å². The van der Waals surface area contributed by atoms with Gasteiger partial charge in [-0.1, -0.05) is 110 Å². The first-order chi connectivity index (χ1) is 17.5. The van der Waals surface area contributed by atoms with Gasteiger partial charge in [-0.3, -0.25) is 13.8 Å². The monoisotopic (exact) mass is 552 g/mol. The Bertz CT molecular complexity index is 598. The Hall–Kier alpha value is -0.340. The first-order valence-corrected chi connectivity index (χ1v) is 16.3. The summed E-state index contributed by atoms with van der Waals surface area (Å²) in [6.07, 6.45) is 19.5. The molecule has 0 bridgehead atoms. The van der Waals surface area contributed by atoms with Gasteiger partial charge in [0.1, 0.15) is 12.6 Å². The van der Waals surface area contributed by atoms with Crippen molar-refractivity contribution < 1.29 is 38.0 Å². The molecule has 9 heteroatoms. The molecule has 37 heavy (non-hydrogen) atoms. The fraction of sp³-hybridized carbons (Fsp3) is 0.964. The number of ketones is 1. The lowest BCUT2D eigenvalue weighted by Gasteiger charge is -2.29. The summed E-state index contributed by atoms with van der Waals surface area (Å²) in [6, 6.07) is 0. The number of quaternary nitrogens is 1. The van der Waals surface area contributed by atoms with Crippen molar-refractivity contribution >= 4 is 13.6 Å². The average molecular weight is 553 g/mol. The van der Waals surface area contributed by atoms with E-state index in [0.29, 0.717) is 10.9 Å². The third-order valence-electron chi connectivity index (χ3n) is 6.50. The van der Waals surface area contributed by atoms with Crippen LogP contribution >= 0.6 is 7.82 Å². The maximum Gasteiger partial charge on any atom is 0.473 e. The second-order valence-corrected chi connectivity index (χ2v) is 12.9. The molecular formula is C28H59NO7P+. The van der Waals surface area contributed by atoms with Gasteiger partial charge in [-0.05, 0) is 6.42 Å². The molecule has 3 N–H and O–H groups in total. The molecule has 8 nitrogen and oxygen atoms in total. The Labute approximate surface area is 227 Å². The number of nitrogens with zero attached hydrogens (tertiary/aromatic N) is 1. The molecular weight excluding hydrogens is 493 g/mol. The first kappa shape index (κ1) is 36.7. The quantitative estimate of drug-likeness (QED) is 0.0635. The fourth-order valence-corrected chi connectivity index (χ4v) is 5.23. The summed E-state index contributed by atoms with van der Waals surface area (Å²) in [5, 5.41) is 18.2. The second kappa shape index (κ2) is 22.5. The molecule has 0 saturated heterocycles. The van der Waals surface area contributed by atoms with Crippen molar-refractivity contribution in [3.05, 3.63) is 0 Å². The number of phosphoric acid groups is 1. The van der Waals surface area contributed by atoms with Gasteiger partial charge in [0, 0.05) is 6.42 Å². The van der Waals surface area contributed by atoms with Gasteiger partial charge in [-0.25, -0.2) is 4.57 Å². The molecule has 222 valence electrons. The summed E-state index contributed by atoms with van der Waals surface area (Å²) in [7, 11) is 1.08. The molecule has 0 aromatic rings. The van der Waals surface area contributed by atoms with Gasteiger partial charge >= 0.3 is 7.82 Å². The van der Waals surface area contributed by atoms with E-state index in [1.54, 1.807) is 0 Å². The average Bonchev–Trinajstić information content (AvgIpc) is 2.82. The largest absolute Gasteiger partial charge is 0.473 e. The molecule has 0 aliphatic rings. The minimum atomic E-state index is -4.53. The number of unbranched alkanes of at least 4 members (excludes halogenated alkanes) is 16. The summed E-state index contributed by atoms with van der Waals surface area (Å²) in [5.41, 5.74) is 0. The van der Waals surface area contributed by atoms with Crippen molar-refractivity contribution in [2.45, 2.75) is 135 Å². The number of hydrogen-bond acceptors (Lipinski definition) is 6. The number of hydrogen-bond donors (Lipinski definition) is 3. The summed E-state index contributed by atoms with van der Waals surface area (Å²) in [4.78, 5) is 22.7. The van der Waals surface area contributed by atoms with Crippen molar-refractivity contribution in [1.82, 2.24) is 0 Å². The molecule has 0 rings (SSSR count). The van der Waals surface area contributed by atoms with Crippen molar-refractivity contribution in [3.63, 3.8) is 0 Å². The molecule has 3 atom stereocenters. The molecule has 2 unspecified atom stereocenters. The molecule has 0 aromatic heterocycles. The number of aliphatic hydroxyl groups excluding tert-OH is 2. The van der Waals surface area contributed by atoms with Crippen molar-refractivity contribution in [2.75, 3.05) is 40.9 Å². The van der Waals surface area contributed by atoms with Crippen LogP contribution in [0.2, 0.25) is 0 Å². The Morgan fingerprint density at radius 1 is 0.784 bits per heavy atom. The SMILES string of the molecule is CCCCCCCCCCCCCCCCCCCC(=O)C(C[N+](C)(C)C)OP(=O)(O)OC[C@H](O)CO. The minimum absolute atomic E-state index is 0.213. The van der Waals surface area contributed by atoms with E-state index in [4.69, 9.17) is 14.2 Å². The molecule has 0 aromatic carbocycles. The van der Waals surface area contributed by atoms with Crippen LogP contribution in [-0.4, -0.2) is 78.5 Å². The van der Waals surface area contributed by atoms with E-state index in [1.165, 1.54) is 89.9 Å². The highest BCUT2D eigenvalue weighted by atomic mass is 31.2. The van der Waals surface area contributed by atoms with Gasteiger partial charge in [-0.15, -0.1) is 0 Å². The molecule has 0 heterocycles. The Morgan fingerprint density at radius 3 is 1.57 bits per heavy atom. The zero-order valence-corrected chi connectivity index (χ0v) is 25.3. The van der Waals surface area contributed by atoms with Gasteiger partial charge in [0.2, 0.25) is 0 Å². The number of carbonyl (C=O) groups excluding carboxylic acids is 1. The second-order valence-electron chi connectivity index (χ2n) is 11.5. The predicted octanol–water partition coefficient (Wildman–Crippen LogP) is 6.16. The maximum atomic E-state index is 12.7. The lowest BCUT2D eigenvalue weighted by Crippen LogP contribution is -2.45. The highest BCUT2D eigenvalue weighted by molar-refractivity contribution is 7.47. The van der Waals surface area contributed by atoms with Crippen LogP contribution in [0, 0.1) is 0 Å². The number of aliphatic hydroxyl groups is 2. The van der Waals surface area contributed by atoms with Gasteiger partial charge in [-0.2, -0.15) is 0 Å². The number of Topliss-reactive ketones (excluding diaryl/α,β-unsaturated/α-hetero) is 1.